The Morgan fingerprint density at radius 2 is 1.67 bits per heavy atom. The smallest absolute Gasteiger partial charge is 0.344 e. The molecule has 8 heteroatoms. The van der Waals surface area contributed by atoms with Gasteiger partial charge in [-0.25, -0.2) is 9.59 Å². The van der Waals surface area contributed by atoms with Gasteiger partial charge < -0.3 is 14.8 Å². The van der Waals surface area contributed by atoms with Gasteiger partial charge in [0.2, 0.25) is 0 Å². The molecule has 2 N–H and O–H groups in total. The van der Waals surface area contributed by atoms with E-state index >= 15 is 0 Å². The van der Waals surface area contributed by atoms with Crippen LogP contribution in [0.5, 0.6) is 5.75 Å². The number of amides is 3. The molecule has 0 heterocycles. The molecule has 2 aromatic rings. The molecule has 7 nitrogen and oxygen atoms in total. The third kappa shape index (κ3) is 6.99. The number of hydrogen-bond donors (Lipinski definition) is 2. The summed E-state index contributed by atoms with van der Waals surface area (Å²) in [6.07, 6.45) is 0. The van der Waals surface area contributed by atoms with Gasteiger partial charge in [-0.1, -0.05) is 17.7 Å². The van der Waals surface area contributed by atoms with Gasteiger partial charge in [0.15, 0.2) is 13.2 Å². The van der Waals surface area contributed by atoms with Crippen molar-refractivity contribution >= 4 is 35.2 Å². The van der Waals surface area contributed by atoms with Gasteiger partial charge in [0.25, 0.3) is 5.91 Å². The Bertz CT molecular complexity index is 836. The van der Waals surface area contributed by atoms with Crippen LogP contribution < -0.4 is 15.4 Å². The van der Waals surface area contributed by atoms with Gasteiger partial charge in [-0.05, 0) is 61.4 Å². The van der Waals surface area contributed by atoms with Crippen molar-refractivity contribution in [3.8, 4) is 5.75 Å². The molecule has 0 saturated heterocycles. The minimum absolute atomic E-state index is 0.371. The van der Waals surface area contributed by atoms with Gasteiger partial charge >= 0.3 is 12.0 Å². The zero-order valence-electron chi connectivity index (χ0n) is 14.9. The SMILES string of the molecule is Cc1ccc(NC(=O)NC(=O)COC(=O)COc2ccc(Cl)cc2)cc1C. The van der Waals surface area contributed by atoms with Crippen LogP contribution in [0.2, 0.25) is 5.02 Å². The summed E-state index contributed by atoms with van der Waals surface area (Å²) in [6.45, 7) is 2.90. The van der Waals surface area contributed by atoms with Crippen molar-refractivity contribution in [3.63, 3.8) is 0 Å². The highest BCUT2D eigenvalue weighted by Gasteiger charge is 2.12. The molecule has 0 spiro atoms. The number of halogens is 1. The summed E-state index contributed by atoms with van der Waals surface area (Å²) in [6, 6.07) is 11.1. The lowest BCUT2D eigenvalue weighted by Crippen LogP contribution is -2.37. The second-order valence-corrected chi connectivity index (χ2v) is 6.14. The molecule has 0 aliphatic rings. The number of nitrogens with one attached hydrogen (secondary N) is 2. The number of imide groups is 1. The van der Waals surface area contributed by atoms with E-state index in [0.29, 0.717) is 16.5 Å². The van der Waals surface area contributed by atoms with Crippen LogP contribution in [0.3, 0.4) is 0 Å². The lowest BCUT2D eigenvalue weighted by molar-refractivity contribution is -0.150. The van der Waals surface area contributed by atoms with Crippen molar-refractivity contribution in [2.45, 2.75) is 13.8 Å². The Morgan fingerprint density at radius 3 is 2.33 bits per heavy atom. The Hall–Kier alpha value is -3.06. The number of rotatable bonds is 6. The number of esters is 1. The monoisotopic (exact) mass is 390 g/mol. The molecule has 0 unspecified atom stereocenters. The maximum absolute atomic E-state index is 11.8. The number of carbonyl (C=O) groups excluding carboxylic acids is 3. The molecule has 3 amide bonds. The van der Waals surface area contributed by atoms with Crippen molar-refractivity contribution in [1.29, 1.82) is 0 Å². The molecular formula is C19H19ClN2O5. The van der Waals surface area contributed by atoms with E-state index in [9.17, 15) is 14.4 Å². The van der Waals surface area contributed by atoms with Crippen LogP contribution in [-0.4, -0.2) is 31.1 Å². The van der Waals surface area contributed by atoms with Gasteiger partial charge in [-0.15, -0.1) is 0 Å². The number of urea groups is 1. The van der Waals surface area contributed by atoms with E-state index in [4.69, 9.17) is 21.1 Å². The fourth-order valence-electron chi connectivity index (χ4n) is 2.01. The molecule has 0 aliphatic carbocycles. The van der Waals surface area contributed by atoms with Crippen LogP contribution in [0.15, 0.2) is 42.5 Å². The Labute approximate surface area is 161 Å². The van der Waals surface area contributed by atoms with Crippen LogP contribution in [0, 0.1) is 13.8 Å². The van der Waals surface area contributed by atoms with Crippen LogP contribution >= 0.6 is 11.6 Å². The van der Waals surface area contributed by atoms with Crippen LogP contribution in [-0.2, 0) is 14.3 Å². The Balaban J connectivity index is 1.69. The molecule has 142 valence electrons. The van der Waals surface area contributed by atoms with Crippen molar-refractivity contribution in [2.24, 2.45) is 0 Å². The maximum atomic E-state index is 11.8. The lowest BCUT2D eigenvalue weighted by atomic mass is 10.1. The third-order valence-electron chi connectivity index (χ3n) is 3.55. The highest BCUT2D eigenvalue weighted by atomic mass is 35.5. The number of benzene rings is 2. The van der Waals surface area contributed by atoms with Gasteiger partial charge in [-0.2, -0.15) is 0 Å². The lowest BCUT2D eigenvalue weighted by Gasteiger charge is -2.09. The third-order valence-corrected chi connectivity index (χ3v) is 3.80. The molecule has 2 rings (SSSR count). The summed E-state index contributed by atoms with van der Waals surface area (Å²) >= 11 is 5.74. The first-order chi connectivity index (χ1) is 12.8. The van der Waals surface area contributed by atoms with Gasteiger partial charge in [0, 0.05) is 10.7 Å². The number of carbonyl (C=O) groups is 3. The van der Waals surface area contributed by atoms with E-state index in [1.165, 1.54) is 0 Å². The Morgan fingerprint density at radius 1 is 0.963 bits per heavy atom. The molecule has 0 saturated carbocycles. The van der Waals surface area contributed by atoms with Crippen molar-refractivity contribution < 1.29 is 23.9 Å². The van der Waals surface area contributed by atoms with Crippen LogP contribution in [0.4, 0.5) is 10.5 Å². The number of anilines is 1. The Kier molecular flexibility index (Phi) is 7.19. The fraction of sp³-hybridized carbons (Fsp3) is 0.211. The predicted molar refractivity (Wildman–Crippen MR) is 101 cm³/mol. The molecule has 0 bridgehead atoms. The molecule has 2 aromatic carbocycles. The number of ether oxygens (including phenoxy) is 2. The maximum Gasteiger partial charge on any atom is 0.344 e. The van der Waals surface area contributed by atoms with E-state index in [0.717, 1.165) is 11.1 Å². The first-order valence-electron chi connectivity index (χ1n) is 8.05. The zero-order chi connectivity index (χ0) is 19.8. The van der Waals surface area contributed by atoms with E-state index in [1.807, 2.05) is 19.9 Å². The standard InChI is InChI=1S/C19H19ClN2O5/c1-12-3-6-15(9-13(12)2)21-19(25)22-17(23)10-27-18(24)11-26-16-7-4-14(20)5-8-16/h3-9H,10-11H2,1-2H3,(H2,21,22,23,25). The summed E-state index contributed by atoms with van der Waals surface area (Å²) in [5.41, 5.74) is 2.65. The minimum atomic E-state index is -0.754. The van der Waals surface area contributed by atoms with Crippen molar-refractivity contribution in [2.75, 3.05) is 18.5 Å². The molecule has 0 fully saturated rings. The highest BCUT2D eigenvalue weighted by molar-refractivity contribution is 6.30. The fourth-order valence-corrected chi connectivity index (χ4v) is 2.13. The van der Waals surface area contributed by atoms with E-state index in [-0.39, 0.29) is 6.61 Å². The summed E-state index contributed by atoms with van der Waals surface area (Å²) in [4.78, 5) is 35.0. The summed E-state index contributed by atoms with van der Waals surface area (Å²) in [5, 5.41) is 5.15. The predicted octanol–water partition coefficient (Wildman–Crippen LogP) is 3.23. The number of hydrogen-bond acceptors (Lipinski definition) is 5. The first kappa shape index (κ1) is 20.3. The average molecular weight is 391 g/mol. The van der Waals surface area contributed by atoms with Crippen molar-refractivity contribution in [3.05, 3.63) is 58.6 Å². The summed E-state index contributed by atoms with van der Waals surface area (Å²) in [5.74, 6) is -1.06. The van der Waals surface area contributed by atoms with Crippen LogP contribution in [0.25, 0.3) is 0 Å². The topological polar surface area (TPSA) is 93.7 Å². The van der Waals surface area contributed by atoms with Gasteiger partial charge in [-0.3, -0.25) is 10.1 Å². The molecular weight excluding hydrogens is 372 g/mol. The normalized spacial score (nSPS) is 10.0. The van der Waals surface area contributed by atoms with Gasteiger partial charge in [0.05, 0.1) is 0 Å². The minimum Gasteiger partial charge on any atom is -0.482 e. The average Bonchev–Trinajstić information content (AvgIpc) is 2.62. The molecule has 0 radical (unpaired) electrons. The summed E-state index contributed by atoms with van der Waals surface area (Å²) in [7, 11) is 0. The second-order valence-electron chi connectivity index (χ2n) is 5.70. The quantitative estimate of drug-likeness (QED) is 0.738. The molecule has 0 aliphatic heterocycles. The van der Waals surface area contributed by atoms with E-state index < -0.39 is 24.5 Å². The first-order valence-corrected chi connectivity index (χ1v) is 8.43. The van der Waals surface area contributed by atoms with Crippen LogP contribution in [0.1, 0.15) is 11.1 Å². The second kappa shape index (κ2) is 9.59. The molecule has 0 aromatic heterocycles. The highest BCUT2D eigenvalue weighted by Crippen LogP contribution is 2.15. The van der Waals surface area contributed by atoms with E-state index in [2.05, 4.69) is 10.6 Å². The van der Waals surface area contributed by atoms with E-state index in [1.54, 1.807) is 36.4 Å². The molecule has 27 heavy (non-hydrogen) atoms. The van der Waals surface area contributed by atoms with Crippen molar-refractivity contribution in [1.82, 2.24) is 5.32 Å². The molecule has 0 atom stereocenters. The van der Waals surface area contributed by atoms with Gasteiger partial charge in [0.1, 0.15) is 5.75 Å². The number of aryl methyl sites for hydroxylation is 2. The largest absolute Gasteiger partial charge is 0.482 e. The zero-order valence-corrected chi connectivity index (χ0v) is 15.6. The summed E-state index contributed by atoms with van der Waals surface area (Å²) < 4.78 is 9.94.